The molecule has 0 radical (unpaired) electrons. The Morgan fingerprint density at radius 3 is 2.37 bits per heavy atom. The minimum atomic E-state index is -4.52. The predicted molar refractivity (Wildman–Crippen MR) is 63.2 cm³/mol. The molecule has 8 heteroatoms. The molecule has 2 saturated heterocycles. The lowest BCUT2D eigenvalue weighted by atomic mass is 9.85. The largest absolute Gasteiger partial charge is 0.404 e. The molecule has 0 aromatic rings. The van der Waals surface area contributed by atoms with Gasteiger partial charge in [0.1, 0.15) is 0 Å². The van der Waals surface area contributed by atoms with Gasteiger partial charge in [-0.1, -0.05) is 0 Å². The number of alkyl halides is 3. The number of nitrogens with one attached hydrogen (secondary N) is 2. The molecule has 2 fully saturated rings. The van der Waals surface area contributed by atoms with Gasteiger partial charge in [0.25, 0.3) is 5.91 Å². The van der Waals surface area contributed by atoms with Gasteiger partial charge < -0.3 is 10.2 Å². The van der Waals surface area contributed by atoms with Gasteiger partial charge in [-0.05, 0) is 20.0 Å². The van der Waals surface area contributed by atoms with Crippen molar-refractivity contribution in [3.8, 4) is 0 Å². The molecule has 1 atom stereocenters. The number of nitrogens with zero attached hydrogens (tertiary/aromatic N) is 2. The van der Waals surface area contributed by atoms with Crippen molar-refractivity contribution in [1.82, 2.24) is 20.7 Å². The number of hydrazine groups is 1. The lowest BCUT2D eigenvalue weighted by molar-refractivity contribution is -0.218. The van der Waals surface area contributed by atoms with Gasteiger partial charge in [-0.25, -0.2) is 5.01 Å². The Labute approximate surface area is 110 Å². The van der Waals surface area contributed by atoms with Crippen LogP contribution in [0.5, 0.6) is 0 Å². The average Bonchev–Trinajstić information content (AvgIpc) is 2.82. The lowest BCUT2D eigenvalue weighted by Gasteiger charge is -2.36. The number of likely N-dealkylation sites (N-methyl/N-ethyl adjacent to an activating group) is 1. The first-order valence-corrected chi connectivity index (χ1v) is 6.37. The molecule has 110 valence electrons. The fraction of sp³-hybridized carbons (Fsp3) is 0.909. The summed E-state index contributed by atoms with van der Waals surface area (Å²) in [6, 6.07) is 0. The Balaban J connectivity index is 2.01. The van der Waals surface area contributed by atoms with Crippen LogP contribution in [0.1, 0.15) is 6.42 Å². The third-order valence-electron chi connectivity index (χ3n) is 3.90. The molecule has 5 nitrogen and oxygen atoms in total. The van der Waals surface area contributed by atoms with Crippen LogP contribution in [0.4, 0.5) is 13.2 Å². The van der Waals surface area contributed by atoms with Gasteiger partial charge in [-0.15, -0.1) is 0 Å². The third kappa shape index (κ3) is 2.85. The Hall–Kier alpha value is -0.860. The predicted octanol–water partition coefficient (Wildman–Crippen LogP) is -0.193. The van der Waals surface area contributed by atoms with Crippen molar-refractivity contribution >= 4 is 5.91 Å². The van der Waals surface area contributed by atoms with Gasteiger partial charge in [0.05, 0.1) is 0 Å². The van der Waals surface area contributed by atoms with E-state index >= 15 is 0 Å². The van der Waals surface area contributed by atoms with Crippen molar-refractivity contribution in [2.75, 3.05) is 46.3 Å². The zero-order valence-electron chi connectivity index (χ0n) is 10.9. The van der Waals surface area contributed by atoms with E-state index in [1.54, 1.807) is 5.01 Å². The second-order valence-electron chi connectivity index (χ2n) is 5.24. The van der Waals surface area contributed by atoms with Crippen LogP contribution in [-0.2, 0) is 4.79 Å². The molecule has 19 heavy (non-hydrogen) atoms. The highest BCUT2D eigenvalue weighted by Crippen LogP contribution is 2.43. The normalized spacial score (nSPS) is 30.5. The second kappa shape index (κ2) is 5.26. The fourth-order valence-corrected chi connectivity index (χ4v) is 2.43. The van der Waals surface area contributed by atoms with E-state index in [1.165, 1.54) is 0 Å². The smallest absolute Gasteiger partial charge is 0.315 e. The molecule has 0 bridgehead atoms. The Kier molecular flexibility index (Phi) is 4.03. The Bertz CT molecular complexity index is 333. The van der Waals surface area contributed by atoms with Crippen molar-refractivity contribution in [3.63, 3.8) is 0 Å². The molecule has 1 unspecified atom stereocenters. The molecule has 2 aliphatic rings. The standard InChI is InChI=1S/C11H19F3N4O/c1-17-4-6-18(7-5-17)16-9(19)10(11(12,13)14)2-3-15-8-10/h15H,2-8H2,1H3,(H,16,19). The molecule has 0 spiro atoms. The Morgan fingerprint density at radius 1 is 1.26 bits per heavy atom. The number of amides is 1. The molecule has 0 saturated carbocycles. The quantitative estimate of drug-likeness (QED) is 0.736. The van der Waals surface area contributed by atoms with Gasteiger partial charge in [0, 0.05) is 32.7 Å². The zero-order chi connectivity index (χ0) is 14.1. The van der Waals surface area contributed by atoms with Gasteiger partial charge >= 0.3 is 6.18 Å². The summed E-state index contributed by atoms with van der Waals surface area (Å²) in [5.74, 6) is -0.936. The first-order chi connectivity index (χ1) is 8.85. The van der Waals surface area contributed by atoms with Crippen LogP contribution in [0.2, 0.25) is 0 Å². The van der Waals surface area contributed by atoms with Crippen LogP contribution in [-0.4, -0.2) is 68.3 Å². The van der Waals surface area contributed by atoms with Gasteiger partial charge in [-0.2, -0.15) is 13.2 Å². The number of hydrogen-bond acceptors (Lipinski definition) is 4. The number of rotatable bonds is 2. The summed E-state index contributed by atoms with van der Waals surface area (Å²) < 4.78 is 39.5. The van der Waals surface area contributed by atoms with Crippen molar-refractivity contribution in [2.45, 2.75) is 12.6 Å². The number of carbonyl (C=O) groups excluding carboxylic acids is 1. The third-order valence-corrected chi connectivity index (χ3v) is 3.90. The van der Waals surface area contributed by atoms with E-state index in [4.69, 9.17) is 0 Å². The molecule has 2 aliphatic heterocycles. The van der Waals surface area contributed by atoms with Crippen LogP contribution < -0.4 is 10.7 Å². The summed E-state index contributed by atoms with van der Waals surface area (Å²) in [6.07, 6.45) is -4.72. The molecular formula is C11H19F3N4O. The SMILES string of the molecule is CN1CCN(NC(=O)C2(C(F)(F)F)CCNC2)CC1. The fourth-order valence-electron chi connectivity index (χ4n) is 2.43. The molecule has 2 N–H and O–H groups in total. The first-order valence-electron chi connectivity index (χ1n) is 6.37. The van der Waals surface area contributed by atoms with E-state index in [2.05, 4.69) is 15.6 Å². The number of carbonyl (C=O) groups is 1. The van der Waals surface area contributed by atoms with E-state index in [0.717, 1.165) is 13.1 Å². The molecule has 0 aromatic carbocycles. The number of piperazine rings is 1. The number of halogens is 3. The zero-order valence-corrected chi connectivity index (χ0v) is 10.9. The summed E-state index contributed by atoms with van der Waals surface area (Å²) in [7, 11) is 1.94. The van der Waals surface area contributed by atoms with Crippen LogP contribution >= 0.6 is 0 Å². The molecule has 0 aromatic heterocycles. The maximum atomic E-state index is 13.2. The average molecular weight is 280 g/mol. The van der Waals surface area contributed by atoms with E-state index in [-0.39, 0.29) is 19.5 Å². The van der Waals surface area contributed by atoms with Crippen molar-refractivity contribution in [3.05, 3.63) is 0 Å². The van der Waals surface area contributed by atoms with Gasteiger partial charge in [-0.3, -0.25) is 10.2 Å². The summed E-state index contributed by atoms with van der Waals surface area (Å²) in [5, 5.41) is 4.21. The van der Waals surface area contributed by atoms with Crippen molar-refractivity contribution < 1.29 is 18.0 Å². The Morgan fingerprint density at radius 2 is 1.89 bits per heavy atom. The van der Waals surface area contributed by atoms with E-state index < -0.39 is 17.5 Å². The second-order valence-corrected chi connectivity index (χ2v) is 5.24. The number of hydrogen-bond donors (Lipinski definition) is 2. The van der Waals surface area contributed by atoms with Crippen LogP contribution in [0.15, 0.2) is 0 Å². The molecule has 2 heterocycles. The maximum Gasteiger partial charge on any atom is 0.404 e. The van der Waals surface area contributed by atoms with Gasteiger partial charge in [0.2, 0.25) is 0 Å². The summed E-state index contributed by atoms with van der Waals surface area (Å²) >= 11 is 0. The maximum absolute atomic E-state index is 13.2. The highest BCUT2D eigenvalue weighted by molar-refractivity contribution is 5.83. The van der Waals surface area contributed by atoms with Crippen LogP contribution in [0.3, 0.4) is 0 Å². The topological polar surface area (TPSA) is 47.6 Å². The minimum Gasteiger partial charge on any atom is -0.315 e. The summed E-state index contributed by atoms with van der Waals surface area (Å²) in [6.45, 7) is 2.44. The molecule has 0 aliphatic carbocycles. The highest BCUT2D eigenvalue weighted by Gasteiger charge is 2.61. The first kappa shape index (κ1) is 14.5. The van der Waals surface area contributed by atoms with E-state index in [9.17, 15) is 18.0 Å². The van der Waals surface area contributed by atoms with Crippen LogP contribution in [0.25, 0.3) is 0 Å². The van der Waals surface area contributed by atoms with Crippen LogP contribution in [0, 0.1) is 5.41 Å². The lowest BCUT2D eigenvalue weighted by Crippen LogP contribution is -2.59. The van der Waals surface area contributed by atoms with E-state index in [1.807, 2.05) is 7.05 Å². The molecular weight excluding hydrogens is 261 g/mol. The molecule has 2 rings (SSSR count). The minimum absolute atomic E-state index is 0.198. The molecule has 1 amide bonds. The summed E-state index contributed by atoms with van der Waals surface area (Å²) in [5.41, 5.74) is 0.155. The van der Waals surface area contributed by atoms with E-state index in [0.29, 0.717) is 13.1 Å². The highest BCUT2D eigenvalue weighted by atomic mass is 19.4. The van der Waals surface area contributed by atoms with Crippen molar-refractivity contribution in [2.24, 2.45) is 5.41 Å². The van der Waals surface area contributed by atoms with Crippen molar-refractivity contribution in [1.29, 1.82) is 0 Å². The van der Waals surface area contributed by atoms with Gasteiger partial charge in [0.15, 0.2) is 5.41 Å². The monoisotopic (exact) mass is 280 g/mol. The summed E-state index contributed by atoms with van der Waals surface area (Å²) in [4.78, 5) is 14.1.